The van der Waals surface area contributed by atoms with Gasteiger partial charge in [0.15, 0.2) is 10.4 Å². The molecule has 5 nitrogen and oxygen atoms in total. The highest BCUT2D eigenvalue weighted by Gasteiger charge is 2.33. The molecule has 2 aromatic rings. The second-order valence-electron chi connectivity index (χ2n) is 5.49. The van der Waals surface area contributed by atoms with Gasteiger partial charge in [0.25, 0.3) is 5.91 Å². The predicted octanol–water partition coefficient (Wildman–Crippen LogP) is 3.94. The molecule has 0 aromatic heterocycles. The lowest BCUT2D eigenvalue weighted by atomic mass is 10.1. The van der Waals surface area contributed by atoms with E-state index in [9.17, 15) is 9.59 Å². The van der Waals surface area contributed by atoms with Gasteiger partial charge >= 0.3 is 5.97 Å². The van der Waals surface area contributed by atoms with Gasteiger partial charge in [0.2, 0.25) is 0 Å². The van der Waals surface area contributed by atoms with Gasteiger partial charge in [0.1, 0.15) is 5.75 Å². The van der Waals surface area contributed by atoms with Crippen molar-refractivity contribution in [1.82, 2.24) is 0 Å². The number of hydrogen-bond donors (Lipinski definition) is 1. The summed E-state index contributed by atoms with van der Waals surface area (Å²) in [7, 11) is 0. The van der Waals surface area contributed by atoms with Gasteiger partial charge in [0.05, 0.1) is 10.6 Å². The van der Waals surface area contributed by atoms with Crippen LogP contribution in [0.25, 0.3) is 6.08 Å². The van der Waals surface area contributed by atoms with E-state index in [1.165, 1.54) is 23.6 Å². The smallest absolute Gasteiger partial charge is 0.344 e. The fourth-order valence-electron chi connectivity index (χ4n) is 2.36. The number of rotatable bonds is 5. The van der Waals surface area contributed by atoms with Gasteiger partial charge in [0, 0.05) is 5.56 Å². The second-order valence-corrected chi connectivity index (χ2v) is 7.16. The molecule has 0 aliphatic carbocycles. The van der Waals surface area contributed by atoms with E-state index in [2.05, 4.69) is 0 Å². The number of hydrogen-bond acceptors (Lipinski definition) is 5. The third-order valence-corrected chi connectivity index (χ3v) is 4.97. The zero-order valence-electron chi connectivity index (χ0n) is 13.8. The number of anilines is 1. The van der Waals surface area contributed by atoms with Crippen molar-refractivity contribution in [2.45, 2.75) is 13.0 Å². The molecule has 0 bridgehead atoms. The number of thiocarbonyl (C=S) groups is 1. The third-order valence-electron chi connectivity index (χ3n) is 3.67. The molecule has 1 atom stereocenters. The van der Waals surface area contributed by atoms with Gasteiger partial charge in [-0.15, -0.1) is 0 Å². The highest BCUT2D eigenvalue weighted by Crippen LogP contribution is 2.37. The average molecular weight is 385 g/mol. The Labute approximate surface area is 160 Å². The van der Waals surface area contributed by atoms with Crippen molar-refractivity contribution < 1.29 is 19.4 Å². The Kier molecular flexibility index (Phi) is 5.39. The number of ether oxygens (including phenoxy) is 1. The fraction of sp³-hybridized carbons (Fsp3) is 0.105. The number of carboxylic acids is 1. The van der Waals surface area contributed by atoms with Crippen molar-refractivity contribution in [1.29, 1.82) is 0 Å². The van der Waals surface area contributed by atoms with Gasteiger partial charge < -0.3 is 9.84 Å². The van der Waals surface area contributed by atoms with Crippen LogP contribution in [-0.4, -0.2) is 27.4 Å². The van der Waals surface area contributed by atoms with Crippen molar-refractivity contribution in [3.63, 3.8) is 0 Å². The van der Waals surface area contributed by atoms with Crippen molar-refractivity contribution in [3.8, 4) is 5.75 Å². The number of benzene rings is 2. The molecule has 1 saturated heterocycles. The molecule has 0 spiro atoms. The van der Waals surface area contributed by atoms with Crippen LogP contribution in [0, 0.1) is 0 Å². The van der Waals surface area contributed by atoms with Crippen LogP contribution in [0.5, 0.6) is 5.75 Å². The molecule has 1 fully saturated rings. The molecule has 26 heavy (non-hydrogen) atoms. The van der Waals surface area contributed by atoms with Crippen LogP contribution < -0.4 is 9.64 Å². The normalized spacial score (nSPS) is 16.8. The summed E-state index contributed by atoms with van der Waals surface area (Å²) in [5.41, 5.74) is 1.33. The molecule has 2 aromatic carbocycles. The highest BCUT2D eigenvalue weighted by atomic mass is 32.2. The van der Waals surface area contributed by atoms with Crippen LogP contribution in [0.15, 0.2) is 59.5 Å². The molecular weight excluding hydrogens is 370 g/mol. The summed E-state index contributed by atoms with van der Waals surface area (Å²) in [6, 6.07) is 16.2. The molecule has 1 amide bonds. The molecule has 132 valence electrons. The van der Waals surface area contributed by atoms with Gasteiger partial charge in [-0.25, -0.2) is 4.79 Å². The Hall–Kier alpha value is -2.64. The molecule has 0 saturated carbocycles. The molecule has 0 radical (unpaired) electrons. The summed E-state index contributed by atoms with van der Waals surface area (Å²) in [4.78, 5) is 25.7. The summed E-state index contributed by atoms with van der Waals surface area (Å²) in [6.07, 6.45) is 0.676. The number of carbonyl (C=O) groups is 2. The lowest BCUT2D eigenvalue weighted by Gasteiger charge is -2.14. The van der Waals surface area contributed by atoms with Crippen LogP contribution in [0.4, 0.5) is 5.69 Å². The monoisotopic (exact) mass is 385 g/mol. The molecule has 1 unspecified atom stereocenters. The number of para-hydroxylation sites is 2. The zero-order valence-corrected chi connectivity index (χ0v) is 15.4. The first kappa shape index (κ1) is 18.2. The van der Waals surface area contributed by atoms with E-state index >= 15 is 0 Å². The maximum absolute atomic E-state index is 12.8. The number of nitrogens with zero attached hydrogens (tertiary/aromatic N) is 1. The van der Waals surface area contributed by atoms with Crippen molar-refractivity contribution in [2.75, 3.05) is 4.90 Å². The number of carbonyl (C=O) groups excluding carboxylic acids is 1. The van der Waals surface area contributed by atoms with E-state index in [0.29, 0.717) is 26.2 Å². The van der Waals surface area contributed by atoms with Crippen molar-refractivity contribution in [2.24, 2.45) is 0 Å². The zero-order chi connectivity index (χ0) is 18.7. The summed E-state index contributed by atoms with van der Waals surface area (Å²) >= 11 is 6.55. The summed E-state index contributed by atoms with van der Waals surface area (Å²) in [5, 5.41) is 9.03. The van der Waals surface area contributed by atoms with E-state index in [1.54, 1.807) is 30.3 Å². The predicted molar refractivity (Wildman–Crippen MR) is 106 cm³/mol. The van der Waals surface area contributed by atoms with E-state index in [1.807, 2.05) is 30.3 Å². The molecule has 7 heteroatoms. The molecular formula is C19H15NO4S2. The molecule has 1 aliphatic heterocycles. The minimum Gasteiger partial charge on any atom is -0.479 e. The van der Waals surface area contributed by atoms with Crippen LogP contribution in [0.2, 0.25) is 0 Å². The highest BCUT2D eigenvalue weighted by molar-refractivity contribution is 8.27. The first-order chi connectivity index (χ1) is 12.5. The van der Waals surface area contributed by atoms with Gasteiger partial charge in [-0.2, -0.15) is 0 Å². The third kappa shape index (κ3) is 3.79. The molecule has 1 heterocycles. The number of carboxylic acid groups (broad SMARTS) is 1. The Bertz CT molecular complexity index is 895. The lowest BCUT2D eigenvalue weighted by molar-refractivity contribution is -0.144. The van der Waals surface area contributed by atoms with E-state index < -0.39 is 12.1 Å². The largest absolute Gasteiger partial charge is 0.479 e. The second kappa shape index (κ2) is 7.72. The fourth-order valence-corrected chi connectivity index (χ4v) is 3.65. The van der Waals surface area contributed by atoms with Crippen LogP contribution in [0.1, 0.15) is 12.5 Å². The first-order valence-electron chi connectivity index (χ1n) is 7.79. The molecule has 1 aliphatic rings. The number of thioether (sulfide) groups is 1. The average Bonchev–Trinajstić information content (AvgIpc) is 2.90. The molecule has 3 rings (SSSR count). The van der Waals surface area contributed by atoms with Crippen LogP contribution in [0.3, 0.4) is 0 Å². The Morgan fingerprint density at radius 1 is 1.19 bits per heavy atom. The quantitative estimate of drug-likeness (QED) is 0.621. The van der Waals surface area contributed by atoms with E-state index in [-0.39, 0.29) is 5.91 Å². The number of aliphatic carboxylic acids is 1. The maximum Gasteiger partial charge on any atom is 0.344 e. The van der Waals surface area contributed by atoms with Crippen molar-refractivity contribution in [3.05, 3.63) is 65.1 Å². The van der Waals surface area contributed by atoms with Gasteiger partial charge in [-0.3, -0.25) is 9.69 Å². The Morgan fingerprint density at radius 3 is 2.54 bits per heavy atom. The minimum atomic E-state index is -1.06. The minimum absolute atomic E-state index is 0.215. The van der Waals surface area contributed by atoms with Crippen molar-refractivity contribution >= 4 is 51.9 Å². The van der Waals surface area contributed by atoms with E-state index in [0.717, 1.165) is 0 Å². The summed E-state index contributed by atoms with van der Waals surface area (Å²) < 4.78 is 5.93. The Morgan fingerprint density at radius 2 is 1.85 bits per heavy atom. The van der Waals surface area contributed by atoms with Crippen LogP contribution in [-0.2, 0) is 9.59 Å². The van der Waals surface area contributed by atoms with Gasteiger partial charge in [-0.1, -0.05) is 60.4 Å². The number of amides is 1. The summed E-state index contributed by atoms with van der Waals surface area (Å²) in [5.74, 6) is -0.880. The summed E-state index contributed by atoms with van der Waals surface area (Å²) in [6.45, 7) is 1.45. The Balaban J connectivity index is 1.91. The van der Waals surface area contributed by atoms with E-state index in [4.69, 9.17) is 22.1 Å². The molecule has 1 N–H and O–H groups in total. The lowest BCUT2D eigenvalue weighted by Crippen LogP contribution is -2.27. The maximum atomic E-state index is 12.8. The first-order valence-corrected chi connectivity index (χ1v) is 9.01. The topological polar surface area (TPSA) is 66.8 Å². The van der Waals surface area contributed by atoms with Crippen LogP contribution >= 0.6 is 24.0 Å². The van der Waals surface area contributed by atoms with Gasteiger partial charge in [-0.05, 0) is 31.2 Å². The SMILES string of the molecule is CC(Oc1ccccc1/C=C1/SC(=S)N(c2ccccc2)C1=O)C(=O)O. The standard InChI is InChI=1S/C19H15NO4S2/c1-12(18(22)23)24-15-10-6-5-7-13(15)11-16-17(21)20(19(25)26-16)14-8-3-2-4-9-14/h2-12H,1H3,(H,22,23)/b16-11+.